The minimum Gasteiger partial charge on any atom is -0.355 e. The highest BCUT2D eigenvalue weighted by atomic mass is 32.2. The first kappa shape index (κ1) is 24.9. The van der Waals surface area contributed by atoms with Crippen molar-refractivity contribution in [3.63, 3.8) is 0 Å². The van der Waals surface area contributed by atoms with Crippen LogP contribution >= 0.6 is 0 Å². The van der Waals surface area contributed by atoms with Crippen molar-refractivity contribution in [2.45, 2.75) is 33.1 Å². The quantitative estimate of drug-likeness (QED) is 0.505. The summed E-state index contributed by atoms with van der Waals surface area (Å²) in [7, 11) is 0.958. The van der Waals surface area contributed by atoms with Gasteiger partial charge in [0.05, 0.1) is 17.0 Å². The van der Waals surface area contributed by atoms with Crippen molar-refractivity contribution < 1.29 is 13.2 Å². The molecule has 188 valence electrons. The van der Waals surface area contributed by atoms with Crippen LogP contribution in [0.15, 0.2) is 18.3 Å². The molecule has 2 aromatic rings. The molecule has 1 saturated heterocycles. The average molecular weight is 491 g/mol. The van der Waals surface area contributed by atoms with Crippen LogP contribution in [0.5, 0.6) is 0 Å². The molecule has 4 rings (SSSR count). The Kier molecular flexibility index (Phi) is 7.49. The number of sulfonamides is 1. The van der Waals surface area contributed by atoms with E-state index in [0.29, 0.717) is 31.7 Å². The molecular formula is C24H38N6O3S. The van der Waals surface area contributed by atoms with Crippen molar-refractivity contribution in [2.24, 2.45) is 5.92 Å². The fourth-order valence-electron chi connectivity index (χ4n) is 4.53. The lowest BCUT2D eigenvalue weighted by Gasteiger charge is -2.34. The summed E-state index contributed by atoms with van der Waals surface area (Å²) < 4.78 is 27.9. The number of piperazine rings is 1. The third-order valence-corrected chi connectivity index (χ3v) is 8.70. The summed E-state index contributed by atoms with van der Waals surface area (Å²) in [5.74, 6) is 1.86. The first-order valence-corrected chi connectivity index (χ1v) is 14.0. The van der Waals surface area contributed by atoms with E-state index >= 15 is 0 Å². The number of aromatic nitrogens is 2. The maximum Gasteiger partial charge on any atom is 0.255 e. The summed E-state index contributed by atoms with van der Waals surface area (Å²) in [5, 5.41) is 0. The second-order valence-corrected chi connectivity index (χ2v) is 11.9. The summed E-state index contributed by atoms with van der Waals surface area (Å²) in [6.45, 7) is 8.17. The Morgan fingerprint density at radius 3 is 2.38 bits per heavy atom. The molecule has 10 heteroatoms. The molecule has 9 nitrogen and oxygen atoms in total. The number of rotatable bonds is 10. The number of likely N-dealkylation sites (N-methyl/N-ethyl adjacent to an activating group) is 1. The van der Waals surface area contributed by atoms with Crippen molar-refractivity contribution in [1.29, 1.82) is 0 Å². The van der Waals surface area contributed by atoms with Crippen LogP contribution in [-0.4, -0.2) is 103 Å². The molecule has 1 aliphatic heterocycles. The van der Waals surface area contributed by atoms with Gasteiger partial charge in [0, 0.05) is 52.0 Å². The van der Waals surface area contributed by atoms with Gasteiger partial charge in [-0.25, -0.2) is 13.4 Å². The van der Waals surface area contributed by atoms with Gasteiger partial charge in [-0.15, -0.1) is 0 Å². The smallest absolute Gasteiger partial charge is 0.255 e. The molecular weight excluding hydrogens is 452 g/mol. The molecule has 2 aromatic heterocycles. The Hall–Kier alpha value is -2.17. The average Bonchev–Trinajstić information content (AvgIpc) is 3.58. The van der Waals surface area contributed by atoms with Crippen LogP contribution in [-0.2, 0) is 16.4 Å². The van der Waals surface area contributed by atoms with Crippen molar-refractivity contribution >= 4 is 27.4 Å². The van der Waals surface area contributed by atoms with Gasteiger partial charge in [-0.1, -0.05) is 6.92 Å². The highest BCUT2D eigenvalue weighted by molar-refractivity contribution is 7.89. The van der Waals surface area contributed by atoms with E-state index in [1.807, 2.05) is 18.3 Å². The normalized spacial score (nSPS) is 17.6. The van der Waals surface area contributed by atoms with Gasteiger partial charge in [-0.05, 0) is 58.3 Å². The molecule has 0 spiro atoms. The first-order chi connectivity index (χ1) is 16.2. The van der Waals surface area contributed by atoms with Crippen LogP contribution in [0, 0.1) is 5.92 Å². The predicted octanol–water partition coefficient (Wildman–Crippen LogP) is 1.78. The van der Waals surface area contributed by atoms with Crippen molar-refractivity contribution in [1.82, 2.24) is 23.5 Å². The predicted molar refractivity (Wildman–Crippen MR) is 135 cm³/mol. The number of imidazole rings is 1. The van der Waals surface area contributed by atoms with Gasteiger partial charge in [-0.2, -0.15) is 4.31 Å². The first-order valence-electron chi connectivity index (χ1n) is 12.4. The number of anilines is 1. The van der Waals surface area contributed by atoms with Gasteiger partial charge >= 0.3 is 0 Å². The third kappa shape index (κ3) is 5.39. The van der Waals surface area contributed by atoms with Crippen molar-refractivity contribution in [3.8, 4) is 0 Å². The molecule has 1 aliphatic carbocycles. The molecule has 0 atom stereocenters. The van der Waals surface area contributed by atoms with E-state index < -0.39 is 10.0 Å². The van der Waals surface area contributed by atoms with E-state index in [1.54, 1.807) is 11.8 Å². The van der Waals surface area contributed by atoms with Crippen LogP contribution in [0.25, 0.3) is 5.65 Å². The Bertz CT molecular complexity index is 1120. The molecule has 1 saturated carbocycles. The number of carbonyl (C=O) groups excluding carboxylic acids is 1. The third-order valence-electron chi connectivity index (χ3n) is 6.82. The van der Waals surface area contributed by atoms with E-state index in [1.165, 1.54) is 17.1 Å². The van der Waals surface area contributed by atoms with Gasteiger partial charge in [-0.3, -0.25) is 9.20 Å². The van der Waals surface area contributed by atoms with Crippen molar-refractivity contribution in [2.75, 3.05) is 70.6 Å². The van der Waals surface area contributed by atoms with Gasteiger partial charge in [0.15, 0.2) is 0 Å². The Morgan fingerprint density at radius 2 is 1.79 bits per heavy atom. The summed E-state index contributed by atoms with van der Waals surface area (Å²) in [6.07, 6.45) is 5.31. The lowest BCUT2D eigenvalue weighted by molar-refractivity contribution is 0.0697. The van der Waals surface area contributed by atoms with Gasteiger partial charge in [0.25, 0.3) is 5.91 Å². The lowest BCUT2D eigenvalue weighted by atomic mass is 10.2. The topological polar surface area (TPSA) is 81.5 Å². The number of fused-ring (bicyclic) bond motifs is 1. The number of hydrogen-bond donors (Lipinski definition) is 0. The zero-order chi connectivity index (χ0) is 24.5. The largest absolute Gasteiger partial charge is 0.355 e. The minimum atomic E-state index is -3.22. The second-order valence-electron chi connectivity index (χ2n) is 9.67. The van der Waals surface area contributed by atoms with Crippen LogP contribution in [0.4, 0.5) is 5.82 Å². The standard InChI is InChI=1S/C24H38N6O3S/c1-5-21-23(28(12-11-26(3)4)17-19-7-8-19)30-18-20(9-10-22(30)25-21)24(31)27-13-15-29(16-14-27)34(32,33)6-2/h9-10,18-19H,5-8,11-17H2,1-4H3. The molecule has 0 unspecified atom stereocenters. The van der Waals surface area contributed by atoms with E-state index in [9.17, 15) is 13.2 Å². The Balaban J connectivity index is 1.59. The Morgan fingerprint density at radius 1 is 1.09 bits per heavy atom. The van der Waals surface area contributed by atoms with Crippen LogP contribution < -0.4 is 4.90 Å². The highest BCUT2D eigenvalue weighted by Crippen LogP contribution is 2.33. The summed E-state index contributed by atoms with van der Waals surface area (Å²) in [5.41, 5.74) is 2.52. The molecule has 0 radical (unpaired) electrons. The van der Waals surface area contributed by atoms with Crippen molar-refractivity contribution in [3.05, 3.63) is 29.6 Å². The SMILES string of the molecule is CCc1nc2ccc(C(=O)N3CCN(S(=O)(=O)CC)CC3)cn2c1N(CCN(C)C)CC1CC1. The molecule has 3 heterocycles. The van der Waals surface area contributed by atoms with E-state index in [4.69, 9.17) is 4.98 Å². The number of carbonyl (C=O) groups is 1. The van der Waals surface area contributed by atoms with Crippen LogP contribution in [0.3, 0.4) is 0 Å². The number of amides is 1. The fraction of sp³-hybridized carbons (Fsp3) is 0.667. The molecule has 0 bridgehead atoms. The maximum atomic E-state index is 13.3. The number of nitrogens with zero attached hydrogens (tertiary/aromatic N) is 6. The lowest BCUT2D eigenvalue weighted by Crippen LogP contribution is -2.50. The zero-order valence-electron chi connectivity index (χ0n) is 20.9. The van der Waals surface area contributed by atoms with Gasteiger partial charge in [0.2, 0.25) is 10.0 Å². The van der Waals surface area contributed by atoms with Crippen LogP contribution in [0.1, 0.15) is 42.7 Å². The molecule has 2 aliphatic rings. The van der Waals surface area contributed by atoms with Gasteiger partial charge < -0.3 is 14.7 Å². The molecule has 2 fully saturated rings. The number of aryl methyl sites for hydroxylation is 1. The number of hydrogen-bond acceptors (Lipinski definition) is 6. The number of pyridine rings is 1. The molecule has 34 heavy (non-hydrogen) atoms. The summed E-state index contributed by atoms with van der Waals surface area (Å²) in [4.78, 5) is 24.6. The second kappa shape index (κ2) is 10.2. The summed E-state index contributed by atoms with van der Waals surface area (Å²) in [6, 6.07) is 3.77. The monoisotopic (exact) mass is 490 g/mol. The van der Waals surface area contributed by atoms with Crippen LogP contribution in [0.2, 0.25) is 0 Å². The zero-order valence-corrected chi connectivity index (χ0v) is 21.7. The van der Waals surface area contributed by atoms with E-state index in [-0.39, 0.29) is 11.7 Å². The molecule has 1 amide bonds. The summed E-state index contributed by atoms with van der Waals surface area (Å²) >= 11 is 0. The van der Waals surface area contributed by atoms with E-state index in [2.05, 4.69) is 35.2 Å². The molecule has 0 aromatic carbocycles. The Labute approximate surface area is 203 Å². The minimum absolute atomic E-state index is 0.0600. The van der Waals surface area contributed by atoms with E-state index in [0.717, 1.165) is 49.1 Å². The molecule has 0 N–H and O–H groups in total. The van der Waals surface area contributed by atoms with Gasteiger partial charge in [0.1, 0.15) is 11.5 Å². The fourth-order valence-corrected chi connectivity index (χ4v) is 5.62. The maximum absolute atomic E-state index is 13.3. The highest BCUT2D eigenvalue weighted by Gasteiger charge is 2.30.